The number of unbranched alkanes of at least 4 members (excludes halogenated alkanes) is 18. The van der Waals surface area contributed by atoms with E-state index in [0.717, 1.165) is 32.1 Å². The second-order valence-electron chi connectivity index (χ2n) is 14.9. The molecule has 0 aromatic heterocycles. The van der Waals surface area contributed by atoms with Gasteiger partial charge < -0.3 is 23.8 Å². The van der Waals surface area contributed by atoms with Crippen LogP contribution in [0.25, 0.3) is 0 Å². The SMILES string of the molecule is CCCCC/C=C/CCC(=O)OC(COCCC(C(=O)O)[N+](C)(C)C)COC(=O)CCCCCCCCC/C=C/CCCCCCCCCC. The predicted octanol–water partition coefficient (Wildman–Crippen LogP) is 10.5. The second-order valence-corrected chi connectivity index (χ2v) is 14.9. The summed E-state index contributed by atoms with van der Waals surface area (Å²) in [5.41, 5.74) is 0. The molecule has 0 aromatic carbocycles. The number of hydrogen-bond donors (Lipinski definition) is 1. The van der Waals surface area contributed by atoms with E-state index in [1.165, 1.54) is 103 Å². The summed E-state index contributed by atoms with van der Waals surface area (Å²) < 4.78 is 17.1. The Morgan fingerprint density at radius 1 is 0.580 bits per heavy atom. The molecule has 0 aliphatic heterocycles. The fourth-order valence-corrected chi connectivity index (χ4v) is 5.87. The van der Waals surface area contributed by atoms with E-state index >= 15 is 0 Å². The molecule has 0 saturated carbocycles. The molecule has 0 aliphatic rings. The van der Waals surface area contributed by atoms with Crippen molar-refractivity contribution in [3.05, 3.63) is 24.3 Å². The van der Waals surface area contributed by atoms with Gasteiger partial charge in [0.15, 0.2) is 12.1 Å². The number of hydrogen-bond acceptors (Lipinski definition) is 6. The monoisotopic (exact) mass is 709 g/mol. The van der Waals surface area contributed by atoms with Crippen molar-refractivity contribution in [3.63, 3.8) is 0 Å². The lowest BCUT2D eigenvalue weighted by Crippen LogP contribution is -2.50. The molecule has 292 valence electrons. The van der Waals surface area contributed by atoms with Crippen LogP contribution < -0.4 is 0 Å². The number of likely N-dealkylation sites (N-methyl/N-ethyl adjacent to an activating group) is 1. The van der Waals surface area contributed by atoms with Crippen molar-refractivity contribution in [2.45, 2.75) is 187 Å². The van der Waals surface area contributed by atoms with Crippen molar-refractivity contribution in [2.75, 3.05) is 41.0 Å². The highest BCUT2D eigenvalue weighted by Gasteiger charge is 2.31. The third-order valence-corrected chi connectivity index (χ3v) is 9.09. The minimum atomic E-state index is -0.881. The highest BCUT2D eigenvalue weighted by molar-refractivity contribution is 5.72. The van der Waals surface area contributed by atoms with E-state index in [2.05, 4.69) is 32.1 Å². The largest absolute Gasteiger partial charge is 0.477 e. The Balaban J connectivity index is 4.23. The zero-order chi connectivity index (χ0) is 37.1. The fourth-order valence-electron chi connectivity index (χ4n) is 5.87. The Labute approximate surface area is 307 Å². The lowest BCUT2D eigenvalue weighted by atomic mass is 10.1. The van der Waals surface area contributed by atoms with Crippen LogP contribution in [0.3, 0.4) is 0 Å². The van der Waals surface area contributed by atoms with Gasteiger partial charge in [-0.1, -0.05) is 128 Å². The van der Waals surface area contributed by atoms with Crippen LogP contribution >= 0.6 is 0 Å². The summed E-state index contributed by atoms with van der Waals surface area (Å²) >= 11 is 0. The third-order valence-electron chi connectivity index (χ3n) is 9.09. The van der Waals surface area contributed by atoms with Crippen LogP contribution in [0.5, 0.6) is 0 Å². The number of ether oxygens (including phenoxy) is 3. The van der Waals surface area contributed by atoms with Gasteiger partial charge in [-0.2, -0.15) is 0 Å². The van der Waals surface area contributed by atoms with Crippen molar-refractivity contribution in [3.8, 4) is 0 Å². The molecule has 0 fully saturated rings. The number of aliphatic carboxylic acids is 1. The molecular formula is C42H78NO7+. The van der Waals surface area contributed by atoms with Crippen molar-refractivity contribution in [1.82, 2.24) is 0 Å². The van der Waals surface area contributed by atoms with Gasteiger partial charge >= 0.3 is 17.9 Å². The Kier molecular flexibility index (Phi) is 32.4. The molecule has 0 saturated heterocycles. The average molecular weight is 709 g/mol. The van der Waals surface area contributed by atoms with Gasteiger partial charge in [0.05, 0.1) is 34.4 Å². The van der Waals surface area contributed by atoms with Crippen LogP contribution in [0.1, 0.15) is 174 Å². The standard InChI is InChI=1S/C42H77NO7/c1-6-8-10-12-14-15-16-17-18-19-20-21-22-23-24-25-27-28-30-32-40(44)49-37-38(36-48-35-34-39(42(46)47)43(3,4)5)50-41(45)33-31-29-26-13-11-9-7-2/h19-20,26,29,38-39H,6-18,21-25,27-28,30-37H2,1-5H3/p+1/b20-19+,29-26+. The van der Waals surface area contributed by atoms with Gasteiger partial charge in [0, 0.05) is 19.3 Å². The molecule has 0 radical (unpaired) electrons. The van der Waals surface area contributed by atoms with Gasteiger partial charge in [0.25, 0.3) is 0 Å². The van der Waals surface area contributed by atoms with Crippen molar-refractivity contribution < 1.29 is 38.2 Å². The summed E-state index contributed by atoms with van der Waals surface area (Å²) in [5, 5.41) is 9.56. The Morgan fingerprint density at radius 3 is 1.56 bits per heavy atom. The van der Waals surface area contributed by atoms with E-state index in [1.807, 2.05) is 27.2 Å². The van der Waals surface area contributed by atoms with Gasteiger partial charge in [-0.3, -0.25) is 9.59 Å². The van der Waals surface area contributed by atoms with Gasteiger partial charge in [0.2, 0.25) is 0 Å². The number of carbonyl (C=O) groups excluding carboxylic acids is 2. The molecule has 2 unspecified atom stereocenters. The van der Waals surface area contributed by atoms with Crippen molar-refractivity contribution >= 4 is 17.9 Å². The maximum absolute atomic E-state index is 12.5. The lowest BCUT2D eigenvalue weighted by Gasteiger charge is -2.31. The quantitative estimate of drug-likeness (QED) is 0.0299. The van der Waals surface area contributed by atoms with Crippen LogP contribution in [-0.2, 0) is 28.6 Å². The third kappa shape index (κ3) is 31.8. The minimum Gasteiger partial charge on any atom is -0.477 e. The summed E-state index contributed by atoms with van der Waals surface area (Å²) in [4.78, 5) is 36.6. The molecule has 0 heterocycles. The molecule has 8 heteroatoms. The molecule has 2 atom stereocenters. The smallest absolute Gasteiger partial charge is 0.362 e. The van der Waals surface area contributed by atoms with E-state index in [4.69, 9.17) is 14.2 Å². The number of nitrogens with zero attached hydrogens (tertiary/aromatic N) is 1. The normalized spacial score (nSPS) is 13.2. The molecule has 0 aromatic rings. The van der Waals surface area contributed by atoms with E-state index in [-0.39, 0.29) is 42.7 Å². The highest BCUT2D eigenvalue weighted by Crippen LogP contribution is 2.13. The number of carboxylic acid groups (broad SMARTS) is 1. The summed E-state index contributed by atoms with van der Waals surface area (Å²) in [5.74, 6) is -1.54. The molecule has 0 amide bonds. The summed E-state index contributed by atoms with van der Waals surface area (Å²) in [6.45, 7) is 4.62. The van der Waals surface area contributed by atoms with Crippen LogP contribution in [0.4, 0.5) is 0 Å². The number of rotatable bonds is 36. The maximum atomic E-state index is 12.5. The first kappa shape index (κ1) is 47.8. The number of esters is 2. The van der Waals surface area contributed by atoms with E-state index in [0.29, 0.717) is 19.3 Å². The first-order valence-corrected chi connectivity index (χ1v) is 20.4. The van der Waals surface area contributed by atoms with Crippen molar-refractivity contribution in [1.29, 1.82) is 0 Å². The molecule has 1 N–H and O–H groups in total. The summed E-state index contributed by atoms with van der Waals surface area (Å²) in [6, 6.07) is -0.616. The number of allylic oxidation sites excluding steroid dienone is 4. The second kappa shape index (κ2) is 33.9. The first-order valence-electron chi connectivity index (χ1n) is 20.4. The number of carboxylic acids is 1. The Morgan fingerprint density at radius 2 is 1.04 bits per heavy atom. The van der Waals surface area contributed by atoms with E-state index in [1.54, 1.807) is 0 Å². The van der Waals surface area contributed by atoms with Gasteiger partial charge in [-0.05, 0) is 51.4 Å². The fraction of sp³-hybridized carbons (Fsp3) is 0.833. The average Bonchev–Trinajstić information content (AvgIpc) is 3.06. The van der Waals surface area contributed by atoms with E-state index in [9.17, 15) is 19.5 Å². The molecule has 0 aliphatic carbocycles. The van der Waals surface area contributed by atoms with E-state index < -0.39 is 18.1 Å². The maximum Gasteiger partial charge on any atom is 0.362 e. The molecule has 0 bridgehead atoms. The Hall–Kier alpha value is -2.19. The predicted molar refractivity (Wildman–Crippen MR) is 206 cm³/mol. The minimum absolute atomic E-state index is 0.0460. The molecule has 8 nitrogen and oxygen atoms in total. The summed E-state index contributed by atoms with van der Waals surface area (Å²) in [6.07, 6.45) is 35.4. The number of quaternary nitrogens is 1. The topological polar surface area (TPSA) is 99.1 Å². The number of carbonyl (C=O) groups is 3. The Bertz CT molecular complexity index is 880. The zero-order valence-electron chi connectivity index (χ0n) is 33.1. The lowest BCUT2D eigenvalue weighted by molar-refractivity contribution is -0.887. The van der Waals surface area contributed by atoms with Crippen molar-refractivity contribution in [2.24, 2.45) is 0 Å². The van der Waals surface area contributed by atoms with Crippen LogP contribution in [0, 0.1) is 0 Å². The molecule has 50 heavy (non-hydrogen) atoms. The molecular weight excluding hydrogens is 630 g/mol. The summed E-state index contributed by atoms with van der Waals surface area (Å²) in [7, 11) is 5.50. The van der Waals surface area contributed by atoms with Crippen LogP contribution in [0.2, 0.25) is 0 Å². The van der Waals surface area contributed by atoms with Crippen LogP contribution in [-0.4, -0.2) is 80.6 Å². The van der Waals surface area contributed by atoms with Crippen LogP contribution in [0.15, 0.2) is 24.3 Å². The van der Waals surface area contributed by atoms with Gasteiger partial charge in [-0.15, -0.1) is 0 Å². The first-order chi connectivity index (χ1) is 24.1. The molecule has 0 rings (SSSR count). The van der Waals surface area contributed by atoms with Gasteiger partial charge in [-0.25, -0.2) is 4.79 Å². The highest BCUT2D eigenvalue weighted by atomic mass is 16.6. The van der Waals surface area contributed by atoms with Gasteiger partial charge in [0.1, 0.15) is 6.61 Å². The zero-order valence-corrected chi connectivity index (χ0v) is 33.1. The molecule has 0 spiro atoms.